The number of benzene rings is 2. The number of aromatic nitrogens is 1. The maximum atomic E-state index is 13.5. The number of nitrogens with one attached hydrogen (secondary N) is 1. The molecule has 0 saturated heterocycles. The van der Waals surface area contributed by atoms with Gasteiger partial charge in [0.15, 0.2) is 5.78 Å². The Kier molecular flexibility index (Phi) is 3.07. The fourth-order valence-corrected chi connectivity index (χ4v) is 2.47. The van der Waals surface area contributed by atoms with E-state index in [1.807, 2.05) is 31.2 Å². The van der Waals surface area contributed by atoms with E-state index in [4.69, 9.17) is 11.6 Å². The molecule has 0 aliphatic heterocycles. The van der Waals surface area contributed by atoms with E-state index in [1.54, 1.807) is 0 Å². The molecule has 4 heteroatoms. The van der Waals surface area contributed by atoms with Crippen molar-refractivity contribution in [2.45, 2.75) is 6.92 Å². The highest BCUT2D eigenvalue weighted by molar-refractivity contribution is 6.31. The van der Waals surface area contributed by atoms with E-state index in [0.29, 0.717) is 11.1 Å². The second-order valence-corrected chi connectivity index (χ2v) is 5.04. The summed E-state index contributed by atoms with van der Waals surface area (Å²) in [5.74, 6) is -0.800. The second kappa shape index (κ2) is 4.76. The largest absolute Gasteiger partial charge is 0.358 e. The lowest BCUT2D eigenvalue weighted by atomic mass is 10.0. The Labute approximate surface area is 120 Å². The number of para-hydroxylation sites is 1. The molecule has 3 aromatic rings. The third-order valence-corrected chi connectivity index (χ3v) is 3.61. The van der Waals surface area contributed by atoms with Crippen molar-refractivity contribution in [1.29, 1.82) is 0 Å². The van der Waals surface area contributed by atoms with Crippen LogP contribution in [0.1, 0.15) is 21.6 Å². The van der Waals surface area contributed by atoms with Crippen molar-refractivity contribution in [2.75, 3.05) is 0 Å². The summed E-state index contributed by atoms with van der Waals surface area (Å²) in [7, 11) is 0. The van der Waals surface area contributed by atoms with Crippen molar-refractivity contribution < 1.29 is 9.18 Å². The Hall–Kier alpha value is -2.13. The van der Waals surface area contributed by atoms with Crippen LogP contribution < -0.4 is 0 Å². The molecule has 3 rings (SSSR count). The van der Waals surface area contributed by atoms with Crippen molar-refractivity contribution in [1.82, 2.24) is 4.98 Å². The van der Waals surface area contributed by atoms with Gasteiger partial charge in [0, 0.05) is 22.2 Å². The quantitative estimate of drug-likeness (QED) is 0.692. The van der Waals surface area contributed by atoms with Crippen LogP contribution in [0.4, 0.5) is 4.39 Å². The van der Waals surface area contributed by atoms with Gasteiger partial charge in [0.1, 0.15) is 5.82 Å². The third kappa shape index (κ3) is 2.00. The summed E-state index contributed by atoms with van der Waals surface area (Å²) >= 11 is 5.64. The summed E-state index contributed by atoms with van der Waals surface area (Å²) in [6.07, 6.45) is 0. The molecule has 20 heavy (non-hydrogen) atoms. The topological polar surface area (TPSA) is 32.9 Å². The smallest absolute Gasteiger partial charge is 0.195 e. The number of carbonyl (C=O) groups is 1. The zero-order valence-electron chi connectivity index (χ0n) is 10.7. The Bertz CT molecular complexity index is 822. The van der Waals surface area contributed by atoms with Crippen LogP contribution in [-0.2, 0) is 0 Å². The first-order chi connectivity index (χ1) is 9.58. The zero-order valence-corrected chi connectivity index (χ0v) is 11.5. The minimum absolute atomic E-state index is 0.0113. The predicted octanol–water partition coefficient (Wildman–Crippen LogP) is 4.50. The van der Waals surface area contributed by atoms with Crippen LogP contribution in [0.25, 0.3) is 10.9 Å². The maximum absolute atomic E-state index is 13.5. The number of aryl methyl sites for hydroxylation is 1. The molecule has 0 fully saturated rings. The summed E-state index contributed by atoms with van der Waals surface area (Å²) in [5.41, 5.74) is 2.52. The molecule has 0 amide bonds. The van der Waals surface area contributed by atoms with E-state index >= 15 is 0 Å². The third-order valence-electron chi connectivity index (χ3n) is 3.30. The van der Waals surface area contributed by atoms with E-state index in [9.17, 15) is 9.18 Å². The van der Waals surface area contributed by atoms with Crippen LogP contribution >= 0.6 is 11.6 Å². The predicted molar refractivity (Wildman–Crippen MR) is 77.9 cm³/mol. The molecule has 1 aromatic heterocycles. The molecule has 0 saturated carbocycles. The van der Waals surface area contributed by atoms with Gasteiger partial charge in [-0.25, -0.2) is 4.39 Å². The molecule has 0 atom stereocenters. The van der Waals surface area contributed by atoms with Crippen molar-refractivity contribution in [3.05, 3.63) is 70.1 Å². The number of aromatic amines is 1. The lowest BCUT2D eigenvalue weighted by Crippen LogP contribution is -2.03. The van der Waals surface area contributed by atoms with Gasteiger partial charge in [0.25, 0.3) is 0 Å². The average molecular weight is 288 g/mol. The fourth-order valence-electron chi connectivity index (χ4n) is 2.35. The minimum atomic E-state index is -0.588. The summed E-state index contributed by atoms with van der Waals surface area (Å²) in [6.45, 7) is 1.83. The van der Waals surface area contributed by atoms with E-state index in [2.05, 4.69) is 4.98 Å². The van der Waals surface area contributed by atoms with Crippen LogP contribution in [0, 0.1) is 12.7 Å². The molecule has 1 heterocycles. The molecular formula is C16H11ClFNO. The SMILES string of the molecule is Cc1[nH]c2ccccc2c1C(=O)c1ccc(Cl)c(F)c1. The molecule has 0 aliphatic carbocycles. The Morgan fingerprint density at radius 1 is 1.20 bits per heavy atom. The van der Waals surface area contributed by atoms with Crippen molar-refractivity contribution >= 4 is 28.3 Å². The van der Waals surface area contributed by atoms with Gasteiger partial charge in [-0.1, -0.05) is 29.8 Å². The highest BCUT2D eigenvalue weighted by Gasteiger charge is 2.18. The van der Waals surface area contributed by atoms with Gasteiger partial charge in [-0.2, -0.15) is 0 Å². The lowest BCUT2D eigenvalue weighted by molar-refractivity contribution is 0.103. The summed E-state index contributed by atoms with van der Waals surface area (Å²) in [5, 5.41) is 0.850. The minimum Gasteiger partial charge on any atom is -0.358 e. The Balaban J connectivity index is 2.17. The van der Waals surface area contributed by atoms with E-state index < -0.39 is 5.82 Å². The van der Waals surface area contributed by atoms with Crippen LogP contribution in [0.2, 0.25) is 5.02 Å². The standard InChI is InChI=1S/C16H11ClFNO/c1-9-15(11-4-2-3-5-14(11)19-9)16(20)10-6-7-12(17)13(18)8-10/h2-8,19H,1H3. The molecule has 2 nitrogen and oxygen atoms in total. The van der Waals surface area contributed by atoms with E-state index in [1.165, 1.54) is 18.2 Å². The molecule has 2 aromatic carbocycles. The number of hydrogen-bond donors (Lipinski definition) is 1. The summed E-state index contributed by atoms with van der Waals surface area (Å²) in [4.78, 5) is 15.7. The van der Waals surface area contributed by atoms with Crippen LogP contribution in [-0.4, -0.2) is 10.8 Å². The van der Waals surface area contributed by atoms with Crippen LogP contribution in [0.5, 0.6) is 0 Å². The van der Waals surface area contributed by atoms with E-state index in [0.717, 1.165) is 16.6 Å². The van der Waals surface area contributed by atoms with Gasteiger partial charge in [0.05, 0.1) is 10.6 Å². The van der Waals surface area contributed by atoms with Gasteiger partial charge in [-0.15, -0.1) is 0 Å². The molecule has 1 N–H and O–H groups in total. The average Bonchev–Trinajstić information content (AvgIpc) is 2.77. The van der Waals surface area contributed by atoms with E-state index in [-0.39, 0.29) is 10.8 Å². The number of hydrogen-bond acceptors (Lipinski definition) is 1. The Morgan fingerprint density at radius 3 is 2.70 bits per heavy atom. The second-order valence-electron chi connectivity index (χ2n) is 4.63. The summed E-state index contributed by atoms with van der Waals surface area (Å²) in [6, 6.07) is 11.7. The number of ketones is 1. The first-order valence-electron chi connectivity index (χ1n) is 6.15. The molecule has 0 unspecified atom stereocenters. The lowest BCUT2D eigenvalue weighted by Gasteiger charge is -2.03. The first-order valence-corrected chi connectivity index (χ1v) is 6.53. The van der Waals surface area contributed by atoms with Gasteiger partial charge in [0.2, 0.25) is 0 Å². The molecule has 0 aliphatic rings. The number of halogens is 2. The summed E-state index contributed by atoms with van der Waals surface area (Å²) < 4.78 is 13.5. The monoisotopic (exact) mass is 287 g/mol. The Morgan fingerprint density at radius 2 is 1.95 bits per heavy atom. The van der Waals surface area contributed by atoms with Crippen LogP contribution in [0.3, 0.4) is 0 Å². The van der Waals surface area contributed by atoms with Crippen LogP contribution in [0.15, 0.2) is 42.5 Å². The zero-order chi connectivity index (χ0) is 14.3. The van der Waals surface area contributed by atoms with Crippen molar-refractivity contribution in [3.8, 4) is 0 Å². The highest BCUT2D eigenvalue weighted by Crippen LogP contribution is 2.25. The molecule has 0 radical (unpaired) electrons. The fraction of sp³-hybridized carbons (Fsp3) is 0.0625. The van der Waals surface area contributed by atoms with Gasteiger partial charge in [-0.3, -0.25) is 4.79 Å². The van der Waals surface area contributed by atoms with Crippen molar-refractivity contribution in [3.63, 3.8) is 0 Å². The van der Waals surface area contributed by atoms with Gasteiger partial charge < -0.3 is 4.98 Å². The molecule has 0 spiro atoms. The molecule has 0 bridgehead atoms. The number of fused-ring (bicyclic) bond motifs is 1. The normalized spacial score (nSPS) is 10.9. The highest BCUT2D eigenvalue weighted by atomic mass is 35.5. The first kappa shape index (κ1) is 12.9. The van der Waals surface area contributed by atoms with Crippen molar-refractivity contribution in [2.24, 2.45) is 0 Å². The maximum Gasteiger partial charge on any atom is 0.195 e. The van der Waals surface area contributed by atoms with Gasteiger partial charge >= 0.3 is 0 Å². The molecular weight excluding hydrogens is 277 g/mol. The number of carbonyl (C=O) groups excluding carboxylic acids is 1. The molecule has 100 valence electrons. The van der Waals surface area contributed by atoms with Gasteiger partial charge in [-0.05, 0) is 31.2 Å². The number of rotatable bonds is 2. The number of H-pyrrole nitrogens is 1.